The molecule has 8 heteroatoms. The minimum absolute atomic E-state index is 0.151. The van der Waals surface area contributed by atoms with Crippen molar-refractivity contribution in [2.24, 2.45) is 10.2 Å². The molecule has 6 nitrogen and oxygen atoms in total. The van der Waals surface area contributed by atoms with Crippen molar-refractivity contribution < 1.29 is 19.0 Å². The number of hydrogen-bond donors (Lipinski definition) is 4. The summed E-state index contributed by atoms with van der Waals surface area (Å²) in [5.41, 5.74) is 0.151. The summed E-state index contributed by atoms with van der Waals surface area (Å²) in [6.45, 7) is 0. The van der Waals surface area contributed by atoms with Crippen LogP contribution in [0, 0.1) is 0 Å². The van der Waals surface area contributed by atoms with E-state index >= 15 is 0 Å². The van der Waals surface area contributed by atoms with Gasteiger partial charge in [0.2, 0.25) is 0 Å². The van der Waals surface area contributed by atoms with Gasteiger partial charge in [-0.2, -0.15) is 5.11 Å². The first-order valence-electron chi connectivity index (χ1n) is 5.35. The first kappa shape index (κ1) is 11.3. The molecule has 0 radical (unpaired) electrons. The molecule has 1 aliphatic carbocycles. The number of halogens is 2. The Morgan fingerprint density at radius 3 is 2.83 bits per heavy atom. The predicted molar refractivity (Wildman–Crippen MR) is 56.5 cm³/mol. The fraction of sp³-hybridized carbons (Fsp3) is 0.400. The van der Waals surface area contributed by atoms with Crippen molar-refractivity contribution in [3.63, 3.8) is 0 Å². The Labute approximate surface area is 100 Å². The van der Waals surface area contributed by atoms with E-state index in [2.05, 4.69) is 20.9 Å². The number of nitrogens with zero attached hydrogens (tertiary/aromatic N) is 2. The molecular formula is C10H10F2N4O2. The van der Waals surface area contributed by atoms with E-state index in [0.717, 1.165) is 6.08 Å². The van der Waals surface area contributed by atoms with Gasteiger partial charge in [-0.15, -0.1) is 5.11 Å². The fourth-order valence-electron chi connectivity index (χ4n) is 2.23. The maximum Gasteiger partial charge on any atom is 0.251 e. The number of nitrogens with one attached hydrogen (secondary N) is 2. The number of fused-ring (bicyclic) bond motifs is 2. The second kappa shape index (κ2) is 3.85. The van der Waals surface area contributed by atoms with Crippen LogP contribution in [-0.4, -0.2) is 34.6 Å². The molecule has 3 rings (SSSR count). The van der Waals surface area contributed by atoms with Crippen LogP contribution in [0.15, 0.2) is 45.6 Å². The van der Waals surface area contributed by atoms with Crippen LogP contribution in [-0.2, 0) is 0 Å². The molecule has 96 valence electrons. The van der Waals surface area contributed by atoms with Crippen molar-refractivity contribution in [3.8, 4) is 0 Å². The van der Waals surface area contributed by atoms with Gasteiger partial charge in [-0.3, -0.25) is 5.32 Å². The van der Waals surface area contributed by atoms with Crippen molar-refractivity contribution in [3.05, 3.63) is 35.4 Å². The molecule has 4 N–H and O–H groups in total. The van der Waals surface area contributed by atoms with E-state index in [1.54, 1.807) is 0 Å². The highest BCUT2D eigenvalue weighted by atomic mass is 19.1. The first-order valence-corrected chi connectivity index (χ1v) is 5.35. The second-order valence-electron chi connectivity index (χ2n) is 4.24. The Balaban J connectivity index is 1.96. The van der Waals surface area contributed by atoms with Crippen molar-refractivity contribution in [2.75, 3.05) is 0 Å². The van der Waals surface area contributed by atoms with Crippen LogP contribution in [0.4, 0.5) is 8.78 Å². The summed E-state index contributed by atoms with van der Waals surface area (Å²) >= 11 is 0. The van der Waals surface area contributed by atoms with Gasteiger partial charge in [0.05, 0.1) is 17.8 Å². The fourth-order valence-corrected chi connectivity index (χ4v) is 2.23. The normalized spacial score (nSPS) is 38.4. The van der Waals surface area contributed by atoms with E-state index in [4.69, 9.17) is 0 Å². The standard InChI is InChI=1S/C10H10F2N4O2/c11-3-1-4(12)6-5(2-3)13-7-8(14-6)10(18)16-15-9(7)17/h1-2,5-7,9,13-14,17-18H. The lowest BCUT2D eigenvalue weighted by molar-refractivity contribution is 0.107. The topological polar surface area (TPSA) is 89.2 Å². The monoisotopic (exact) mass is 256 g/mol. The van der Waals surface area contributed by atoms with Crippen molar-refractivity contribution in [1.29, 1.82) is 0 Å². The lowest BCUT2D eigenvalue weighted by atomic mass is 9.94. The molecule has 0 aromatic heterocycles. The SMILES string of the molecule is OC1=C2NC3C(F)=CC(F)=CC3NC2C(O)N=N1. The molecule has 0 amide bonds. The summed E-state index contributed by atoms with van der Waals surface area (Å²) in [6, 6.07) is -2.27. The Morgan fingerprint density at radius 2 is 2.06 bits per heavy atom. The molecule has 4 unspecified atom stereocenters. The molecule has 4 atom stereocenters. The number of rotatable bonds is 0. The Hall–Kier alpha value is -1.80. The highest BCUT2D eigenvalue weighted by Crippen LogP contribution is 2.29. The number of piperazine rings is 1. The summed E-state index contributed by atoms with van der Waals surface area (Å²) in [5.74, 6) is -1.80. The van der Waals surface area contributed by atoms with E-state index in [-0.39, 0.29) is 5.70 Å². The Morgan fingerprint density at radius 1 is 1.28 bits per heavy atom. The van der Waals surface area contributed by atoms with Gasteiger partial charge in [0.15, 0.2) is 6.23 Å². The van der Waals surface area contributed by atoms with Crippen LogP contribution in [0.3, 0.4) is 0 Å². The number of azo groups is 1. The van der Waals surface area contributed by atoms with Gasteiger partial charge >= 0.3 is 0 Å². The van der Waals surface area contributed by atoms with E-state index in [1.807, 2.05) is 0 Å². The lowest BCUT2D eigenvalue weighted by Crippen LogP contribution is -2.63. The largest absolute Gasteiger partial charge is 0.491 e. The summed E-state index contributed by atoms with van der Waals surface area (Å²) in [4.78, 5) is 0. The molecule has 0 spiro atoms. The van der Waals surface area contributed by atoms with E-state index in [0.29, 0.717) is 0 Å². The Bertz CT molecular complexity index is 514. The quantitative estimate of drug-likeness (QED) is 0.508. The number of allylic oxidation sites excluding steroid dienone is 2. The maximum absolute atomic E-state index is 13.6. The predicted octanol–water partition coefficient (Wildman–Crippen LogP) is 0.517. The minimum Gasteiger partial charge on any atom is -0.491 e. The van der Waals surface area contributed by atoms with Crippen LogP contribution in [0.25, 0.3) is 0 Å². The highest BCUT2D eigenvalue weighted by Gasteiger charge is 2.42. The van der Waals surface area contributed by atoms with Crippen LogP contribution in [0.5, 0.6) is 0 Å². The zero-order valence-electron chi connectivity index (χ0n) is 9.01. The summed E-state index contributed by atoms with van der Waals surface area (Å²) < 4.78 is 26.7. The summed E-state index contributed by atoms with van der Waals surface area (Å²) in [7, 11) is 0. The molecule has 0 aromatic carbocycles. The Kier molecular flexibility index (Phi) is 2.42. The van der Waals surface area contributed by atoms with Crippen LogP contribution in [0.2, 0.25) is 0 Å². The number of aliphatic hydroxyl groups excluding tert-OH is 2. The highest BCUT2D eigenvalue weighted by molar-refractivity contribution is 5.35. The van der Waals surface area contributed by atoms with Gasteiger partial charge in [-0.1, -0.05) is 0 Å². The molecule has 0 aromatic rings. The number of aliphatic hydroxyl groups is 2. The third-order valence-corrected chi connectivity index (χ3v) is 3.07. The third-order valence-electron chi connectivity index (χ3n) is 3.07. The minimum atomic E-state index is -1.21. The van der Waals surface area contributed by atoms with Gasteiger partial charge in [-0.25, -0.2) is 8.78 Å². The average Bonchev–Trinajstić information content (AvgIpc) is 2.32. The molecule has 2 heterocycles. The van der Waals surface area contributed by atoms with Gasteiger partial charge in [0.1, 0.15) is 17.7 Å². The molecule has 18 heavy (non-hydrogen) atoms. The zero-order valence-corrected chi connectivity index (χ0v) is 9.01. The zero-order chi connectivity index (χ0) is 12.9. The van der Waals surface area contributed by atoms with E-state index in [9.17, 15) is 19.0 Å². The first-order chi connectivity index (χ1) is 8.56. The van der Waals surface area contributed by atoms with Crippen LogP contribution < -0.4 is 10.6 Å². The number of hydrogen-bond acceptors (Lipinski definition) is 6. The maximum atomic E-state index is 13.6. The van der Waals surface area contributed by atoms with Crippen molar-refractivity contribution in [2.45, 2.75) is 24.4 Å². The molecule has 1 saturated heterocycles. The molecule has 0 saturated carbocycles. The molecular weight excluding hydrogens is 246 g/mol. The average molecular weight is 256 g/mol. The van der Waals surface area contributed by atoms with Gasteiger partial charge in [0, 0.05) is 6.08 Å². The summed E-state index contributed by atoms with van der Waals surface area (Å²) in [5, 5.41) is 31.4. The second-order valence-corrected chi connectivity index (χ2v) is 4.24. The van der Waals surface area contributed by atoms with Crippen LogP contribution in [0.1, 0.15) is 0 Å². The van der Waals surface area contributed by atoms with E-state index in [1.165, 1.54) is 6.08 Å². The summed E-state index contributed by atoms with van der Waals surface area (Å²) in [6.07, 6.45) is 0.761. The molecule has 0 bridgehead atoms. The molecule has 2 aliphatic heterocycles. The van der Waals surface area contributed by atoms with Crippen molar-refractivity contribution in [1.82, 2.24) is 10.6 Å². The van der Waals surface area contributed by atoms with Crippen molar-refractivity contribution >= 4 is 0 Å². The van der Waals surface area contributed by atoms with E-state index < -0.39 is 41.9 Å². The smallest absolute Gasteiger partial charge is 0.251 e. The van der Waals surface area contributed by atoms with Gasteiger partial charge in [0.25, 0.3) is 5.88 Å². The van der Waals surface area contributed by atoms with Crippen LogP contribution >= 0.6 is 0 Å². The molecule has 3 aliphatic rings. The van der Waals surface area contributed by atoms with Gasteiger partial charge < -0.3 is 15.5 Å². The third kappa shape index (κ3) is 1.61. The lowest BCUT2D eigenvalue weighted by Gasteiger charge is -2.41. The van der Waals surface area contributed by atoms with Gasteiger partial charge in [-0.05, 0) is 6.08 Å². The molecule has 1 fully saturated rings.